The van der Waals surface area contributed by atoms with E-state index in [1.807, 2.05) is 45.0 Å². The van der Waals surface area contributed by atoms with E-state index >= 15 is 0 Å². The second-order valence-electron chi connectivity index (χ2n) is 6.66. The van der Waals surface area contributed by atoms with E-state index in [1.165, 1.54) is 0 Å². The number of carbonyl (C=O) groups is 1. The molecule has 6 heteroatoms. The summed E-state index contributed by atoms with van der Waals surface area (Å²) in [6.07, 6.45) is 1.63. The van der Waals surface area contributed by atoms with Crippen molar-refractivity contribution in [2.24, 2.45) is 5.92 Å². The van der Waals surface area contributed by atoms with Crippen molar-refractivity contribution in [1.82, 2.24) is 9.97 Å². The summed E-state index contributed by atoms with van der Waals surface area (Å²) in [6, 6.07) is 7.87. The van der Waals surface area contributed by atoms with Gasteiger partial charge in [0, 0.05) is 40.6 Å². The van der Waals surface area contributed by atoms with Gasteiger partial charge in [-0.15, -0.1) is 0 Å². The Bertz CT molecular complexity index is 765. The molecule has 132 valence electrons. The van der Waals surface area contributed by atoms with Gasteiger partial charge in [-0.1, -0.05) is 15.9 Å². The van der Waals surface area contributed by atoms with Gasteiger partial charge in [0.25, 0.3) is 0 Å². The molecule has 25 heavy (non-hydrogen) atoms. The number of halogens is 1. The number of piperidine rings is 1. The van der Waals surface area contributed by atoms with Gasteiger partial charge in [0.2, 0.25) is 11.9 Å². The summed E-state index contributed by atoms with van der Waals surface area (Å²) in [7, 11) is 0. The highest BCUT2D eigenvalue weighted by Crippen LogP contribution is 2.25. The highest BCUT2D eigenvalue weighted by Gasteiger charge is 2.26. The Hall–Kier alpha value is -1.95. The van der Waals surface area contributed by atoms with Crippen LogP contribution in [0.4, 0.5) is 11.6 Å². The molecule has 0 radical (unpaired) electrons. The molecule has 0 saturated carbocycles. The fraction of sp³-hybridized carbons (Fsp3) is 0.421. The Morgan fingerprint density at radius 2 is 1.76 bits per heavy atom. The van der Waals surface area contributed by atoms with Crippen LogP contribution >= 0.6 is 15.9 Å². The molecule has 1 aromatic heterocycles. The first kappa shape index (κ1) is 17.9. The first-order chi connectivity index (χ1) is 11.9. The number of aromatic nitrogens is 2. The monoisotopic (exact) mass is 402 g/mol. The molecule has 1 aromatic carbocycles. The number of anilines is 2. The van der Waals surface area contributed by atoms with Gasteiger partial charge in [0.1, 0.15) is 0 Å². The lowest BCUT2D eigenvalue weighted by atomic mass is 9.96. The van der Waals surface area contributed by atoms with Crippen LogP contribution in [-0.2, 0) is 4.79 Å². The molecule has 1 N–H and O–H groups in total. The Labute approximate surface area is 157 Å². The lowest BCUT2D eigenvalue weighted by Crippen LogP contribution is -2.39. The number of amides is 1. The van der Waals surface area contributed by atoms with Crippen LogP contribution < -0.4 is 10.2 Å². The summed E-state index contributed by atoms with van der Waals surface area (Å²) < 4.78 is 1.02. The fourth-order valence-corrected chi connectivity index (χ4v) is 3.67. The number of nitrogens with one attached hydrogen (secondary N) is 1. The second-order valence-corrected chi connectivity index (χ2v) is 7.58. The van der Waals surface area contributed by atoms with Crippen LogP contribution in [0.5, 0.6) is 0 Å². The van der Waals surface area contributed by atoms with E-state index in [-0.39, 0.29) is 11.8 Å². The molecule has 5 nitrogen and oxygen atoms in total. The smallest absolute Gasteiger partial charge is 0.227 e. The molecular formula is C19H23BrN4O. The number of hydrogen-bond donors (Lipinski definition) is 1. The zero-order valence-corrected chi connectivity index (χ0v) is 16.4. The molecule has 2 aromatic rings. The van der Waals surface area contributed by atoms with Gasteiger partial charge in [-0.25, -0.2) is 9.97 Å². The van der Waals surface area contributed by atoms with E-state index in [4.69, 9.17) is 0 Å². The number of carbonyl (C=O) groups excluding carboxylic acids is 1. The molecule has 1 saturated heterocycles. The average Bonchev–Trinajstić information content (AvgIpc) is 2.56. The first-order valence-electron chi connectivity index (χ1n) is 8.56. The van der Waals surface area contributed by atoms with Gasteiger partial charge in [0.05, 0.1) is 0 Å². The maximum absolute atomic E-state index is 12.6. The van der Waals surface area contributed by atoms with Crippen LogP contribution in [0.1, 0.15) is 29.8 Å². The molecule has 0 spiro atoms. The van der Waals surface area contributed by atoms with Crippen molar-refractivity contribution in [2.75, 3.05) is 23.3 Å². The molecule has 0 aliphatic carbocycles. The highest BCUT2D eigenvalue weighted by molar-refractivity contribution is 9.10. The number of benzene rings is 1. The Morgan fingerprint density at radius 1 is 1.12 bits per heavy atom. The van der Waals surface area contributed by atoms with Gasteiger partial charge in [-0.3, -0.25) is 4.79 Å². The van der Waals surface area contributed by atoms with Crippen LogP contribution in [0, 0.1) is 26.7 Å². The summed E-state index contributed by atoms with van der Waals surface area (Å²) >= 11 is 3.45. The first-order valence-corrected chi connectivity index (χ1v) is 9.36. The third-order valence-electron chi connectivity index (χ3n) is 4.57. The van der Waals surface area contributed by atoms with E-state index < -0.39 is 0 Å². The number of aryl methyl sites for hydroxylation is 3. The quantitative estimate of drug-likeness (QED) is 0.841. The highest BCUT2D eigenvalue weighted by atomic mass is 79.9. The fourth-order valence-electron chi connectivity index (χ4n) is 3.19. The Kier molecular flexibility index (Phi) is 5.37. The maximum Gasteiger partial charge on any atom is 0.227 e. The van der Waals surface area contributed by atoms with E-state index in [9.17, 15) is 4.79 Å². The number of nitrogens with zero attached hydrogens (tertiary/aromatic N) is 3. The largest absolute Gasteiger partial charge is 0.341 e. The van der Waals surface area contributed by atoms with Crippen molar-refractivity contribution in [2.45, 2.75) is 33.6 Å². The molecule has 1 amide bonds. The third kappa shape index (κ3) is 4.37. The van der Waals surface area contributed by atoms with Crippen molar-refractivity contribution >= 4 is 33.5 Å². The molecule has 1 aliphatic heterocycles. The minimum atomic E-state index is 0.0326. The molecular weight excluding hydrogens is 380 g/mol. The lowest BCUT2D eigenvalue weighted by Gasteiger charge is -2.31. The topological polar surface area (TPSA) is 58.1 Å². The lowest BCUT2D eigenvalue weighted by molar-refractivity contribution is -0.120. The molecule has 0 unspecified atom stereocenters. The van der Waals surface area contributed by atoms with Gasteiger partial charge >= 0.3 is 0 Å². The van der Waals surface area contributed by atoms with Gasteiger partial charge < -0.3 is 10.2 Å². The third-order valence-corrected chi connectivity index (χ3v) is 5.06. The Balaban J connectivity index is 1.60. The normalized spacial score (nSPS) is 15.3. The minimum absolute atomic E-state index is 0.0326. The van der Waals surface area contributed by atoms with Crippen LogP contribution in [-0.4, -0.2) is 29.0 Å². The molecule has 1 fully saturated rings. The second kappa shape index (κ2) is 7.52. The van der Waals surface area contributed by atoms with Crippen LogP contribution in [0.2, 0.25) is 0 Å². The van der Waals surface area contributed by atoms with Crippen molar-refractivity contribution in [3.05, 3.63) is 45.7 Å². The molecule has 0 bridgehead atoms. The molecule has 3 rings (SSSR count). The zero-order chi connectivity index (χ0) is 18.0. The summed E-state index contributed by atoms with van der Waals surface area (Å²) in [5.41, 5.74) is 3.90. The van der Waals surface area contributed by atoms with Crippen LogP contribution in [0.15, 0.2) is 28.7 Å². The van der Waals surface area contributed by atoms with Crippen molar-refractivity contribution in [3.63, 3.8) is 0 Å². The predicted octanol–water partition coefficient (Wildman–Crippen LogP) is 4.02. The van der Waals surface area contributed by atoms with Gasteiger partial charge in [0.15, 0.2) is 0 Å². The summed E-state index contributed by atoms with van der Waals surface area (Å²) in [5, 5.41) is 3.07. The summed E-state index contributed by atoms with van der Waals surface area (Å²) in [6.45, 7) is 7.58. The van der Waals surface area contributed by atoms with E-state index in [2.05, 4.69) is 36.1 Å². The minimum Gasteiger partial charge on any atom is -0.341 e. The summed E-state index contributed by atoms with van der Waals surface area (Å²) in [5.74, 6) is 0.914. The van der Waals surface area contributed by atoms with Gasteiger partial charge in [-0.2, -0.15) is 0 Å². The predicted molar refractivity (Wildman–Crippen MR) is 104 cm³/mol. The van der Waals surface area contributed by atoms with E-state index in [1.54, 1.807) is 0 Å². The van der Waals surface area contributed by atoms with Crippen molar-refractivity contribution in [1.29, 1.82) is 0 Å². The summed E-state index contributed by atoms with van der Waals surface area (Å²) in [4.78, 5) is 23.8. The standard InChI is InChI=1S/C19H23BrN4O/c1-12-10-16(20)4-5-17(12)23-18(25)15-6-8-24(9-7-15)19-21-13(2)11-14(3)22-19/h4-5,10-11,15H,6-9H2,1-3H3,(H,23,25). The molecule has 0 atom stereocenters. The maximum atomic E-state index is 12.6. The SMILES string of the molecule is Cc1cc(C)nc(N2CCC(C(=O)Nc3ccc(Br)cc3C)CC2)n1. The van der Waals surface area contributed by atoms with Crippen molar-refractivity contribution in [3.8, 4) is 0 Å². The number of rotatable bonds is 3. The van der Waals surface area contributed by atoms with Crippen molar-refractivity contribution < 1.29 is 4.79 Å². The molecule has 1 aliphatic rings. The van der Waals surface area contributed by atoms with Gasteiger partial charge in [-0.05, 0) is 63.4 Å². The van der Waals surface area contributed by atoms with Crippen LogP contribution in [0.25, 0.3) is 0 Å². The number of hydrogen-bond acceptors (Lipinski definition) is 4. The Morgan fingerprint density at radius 3 is 2.36 bits per heavy atom. The van der Waals surface area contributed by atoms with E-state index in [0.29, 0.717) is 0 Å². The average molecular weight is 403 g/mol. The zero-order valence-electron chi connectivity index (χ0n) is 14.8. The van der Waals surface area contributed by atoms with Crippen LogP contribution in [0.3, 0.4) is 0 Å². The molecule has 2 heterocycles. The van der Waals surface area contributed by atoms with E-state index in [0.717, 1.165) is 59.0 Å².